The minimum atomic E-state index is 0.475. The van der Waals surface area contributed by atoms with Gasteiger partial charge in [-0.25, -0.2) is 0 Å². The molecule has 112 valence electrons. The Morgan fingerprint density at radius 1 is 1.25 bits per heavy atom. The number of rotatable bonds is 1. The van der Waals surface area contributed by atoms with Gasteiger partial charge in [-0.3, -0.25) is 0 Å². The molecule has 0 aromatic rings. The average molecular weight is 272 g/mol. The molecule has 3 rings (SSSR count). The van der Waals surface area contributed by atoms with Crippen molar-refractivity contribution >= 4 is 0 Å². The van der Waals surface area contributed by atoms with E-state index in [0.717, 1.165) is 17.8 Å². The Morgan fingerprint density at radius 2 is 1.95 bits per heavy atom. The van der Waals surface area contributed by atoms with Gasteiger partial charge in [0.1, 0.15) is 0 Å². The summed E-state index contributed by atoms with van der Waals surface area (Å²) in [6.45, 7) is 17.2. The van der Waals surface area contributed by atoms with Crippen LogP contribution in [0.15, 0.2) is 36.0 Å². The molecule has 3 aliphatic rings. The summed E-state index contributed by atoms with van der Waals surface area (Å²) in [6.07, 6.45) is 10.5. The molecule has 0 aromatic heterocycles. The van der Waals surface area contributed by atoms with Crippen LogP contribution in [0.5, 0.6) is 0 Å². The Bertz CT molecular complexity index is 421. The van der Waals surface area contributed by atoms with Crippen molar-refractivity contribution in [2.24, 2.45) is 23.2 Å². The van der Waals surface area contributed by atoms with E-state index in [1.807, 2.05) is 0 Å². The van der Waals surface area contributed by atoms with Crippen molar-refractivity contribution < 1.29 is 0 Å². The van der Waals surface area contributed by atoms with Gasteiger partial charge in [0.25, 0.3) is 0 Å². The number of allylic oxidation sites excluding steroid dienone is 4. The quantitative estimate of drug-likeness (QED) is 0.491. The standard InChI is InChI=1S/2C10H16/c1-7-8-4-5-9(6-8)10(7,2)3;1-8(2)10-6-4-9(3)5-7-10/h8-9H,1,4-6H2,2-3H3;4,10H,1,5-7H2,2-3H3. The normalized spacial score (nSPS) is 34.3. The summed E-state index contributed by atoms with van der Waals surface area (Å²) in [5.74, 6) is 2.62. The van der Waals surface area contributed by atoms with Crippen molar-refractivity contribution in [2.75, 3.05) is 0 Å². The molecule has 2 fully saturated rings. The summed E-state index contributed by atoms with van der Waals surface area (Å²) in [4.78, 5) is 0. The highest BCUT2D eigenvalue weighted by Crippen LogP contribution is 2.58. The molecule has 0 N–H and O–H groups in total. The van der Waals surface area contributed by atoms with Gasteiger partial charge in [-0.2, -0.15) is 0 Å². The molecule has 0 aliphatic heterocycles. The smallest absolute Gasteiger partial charge is 0.0116 e. The molecule has 0 saturated heterocycles. The highest BCUT2D eigenvalue weighted by molar-refractivity contribution is 5.22. The first-order chi connectivity index (χ1) is 9.32. The van der Waals surface area contributed by atoms with Crippen molar-refractivity contribution in [2.45, 2.75) is 66.2 Å². The molecule has 0 radical (unpaired) electrons. The van der Waals surface area contributed by atoms with E-state index in [1.54, 1.807) is 5.57 Å². The van der Waals surface area contributed by atoms with Gasteiger partial charge >= 0.3 is 0 Å². The van der Waals surface area contributed by atoms with E-state index in [9.17, 15) is 0 Å². The maximum Gasteiger partial charge on any atom is -0.0116 e. The summed E-state index contributed by atoms with van der Waals surface area (Å²) in [5.41, 5.74) is 4.91. The first-order valence-corrected chi connectivity index (χ1v) is 8.32. The predicted octanol–water partition coefficient (Wildman–Crippen LogP) is 6.31. The Morgan fingerprint density at radius 3 is 2.30 bits per heavy atom. The molecule has 3 unspecified atom stereocenters. The summed E-state index contributed by atoms with van der Waals surface area (Å²) in [7, 11) is 0. The van der Waals surface area contributed by atoms with Gasteiger partial charge in [0.05, 0.1) is 0 Å². The predicted molar refractivity (Wildman–Crippen MR) is 89.7 cm³/mol. The molecule has 0 aromatic carbocycles. The van der Waals surface area contributed by atoms with E-state index in [0.29, 0.717) is 5.41 Å². The summed E-state index contributed by atoms with van der Waals surface area (Å²) < 4.78 is 0. The maximum absolute atomic E-state index is 4.19. The highest BCUT2D eigenvalue weighted by atomic mass is 14.5. The first-order valence-electron chi connectivity index (χ1n) is 8.32. The van der Waals surface area contributed by atoms with Gasteiger partial charge in [0, 0.05) is 0 Å². The first kappa shape index (κ1) is 15.6. The van der Waals surface area contributed by atoms with E-state index < -0.39 is 0 Å². The molecule has 0 heterocycles. The van der Waals surface area contributed by atoms with Crippen LogP contribution >= 0.6 is 0 Å². The summed E-state index contributed by atoms with van der Waals surface area (Å²) in [5, 5.41) is 0. The van der Waals surface area contributed by atoms with Crippen molar-refractivity contribution in [3.8, 4) is 0 Å². The second kappa shape index (κ2) is 5.92. The molecule has 3 aliphatic carbocycles. The monoisotopic (exact) mass is 272 g/mol. The SMILES string of the molecule is C=C(C)C1CC=C(C)CC1.C=C1C2CCC(C2)C1(C)C. The lowest BCUT2D eigenvalue weighted by Crippen LogP contribution is -2.21. The Hall–Kier alpha value is -0.780. The lowest BCUT2D eigenvalue weighted by molar-refractivity contribution is 0.289. The van der Waals surface area contributed by atoms with Crippen LogP contribution in [0.25, 0.3) is 0 Å². The van der Waals surface area contributed by atoms with Crippen LogP contribution in [0, 0.1) is 23.2 Å². The number of hydrogen-bond acceptors (Lipinski definition) is 0. The van der Waals surface area contributed by atoms with Crippen molar-refractivity contribution in [1.29, 1.82) is 0 Å². The topological polar surface area (TPSA) is 0 Å². The minimum Gasteiger partial charge on any atom is -0.0998 e. The van der Waals surface area contributed by atoms with Gasteiger partial charge in [-0.15, -0.1) is 0 Å². The van der Waals surface area contributed by atoms with Crippen molar-refractivity contribution in [1.82, 2.24) is 0 Å². The lowest BCUT2D eigenvalue weighted by Gasteiger charge is -2.31. The molecule has 0 spiro atoms. The fourth-order valence-corrected chi connectivity index (χ4v) is 4.15. The zero-order chi connectivity index (χ0) is 14.9. The Balaban J connectivity index is 0.000000147. The fourth-order valence-electron chi connectivity index (χ4n) is 4.15. The van der Waals surface area contributed by atoms with Crippen LogP contribution < -0.4 is 0 Å². The average Bonchev–Trinajstić information content (AvgIpc) is 2.95. The molecule has 0 heteroatoms. The highest BCUT2D eigenvalue weighted by Gasteiger charge is 2.47. The van der Waals surface area contributed by atoms with E-state index >= 15 is 0 Å². The molecule has 0 amide bonds. The molecular formula is C20H32. The molecule has 20 heavy (non-hydrogen) atoms. The number of fused-ring (bicyclic) bond motifs is 2. The third kappa shape index (κ3) is 3.10. The molecule has 2 saturated carbocycles. The largest absolute Gasteiger partial charge is 0.0998 e. The van der Waals surface area contributed by atoms with Crippen LogP contribution in [0.4, 0.5) is 0 Å². The molecule has 3 atom stereocenters. The van der Waals surface area contributed by atoms with E-state index in [1.165, 1.54) is 49.7 Å². The molecule has 0 nitrogen and oxygen atoms in total. The maximum atomic E-state index is 4.19. The zero-order valence-corrected chi connectivity index (χ0v) is 14.0. The van der Waals surface area contributed by atoms with Gasteiger partial charge in [-0.05, 0) is 75.5 Å². The van der Waals surface area contributed by atoms with Crippen LogP contribution in [0.2, 0.25) is 0 Å². The Labute approximate surface area is 126 Å². The van der Waals surface area contributed by atoms with Crippen molar-refractivity contribution in [3.63, 3.8) is 0 Å². The second-order valence-electron chi connectivity index (χ2n) is 7.82. The van der Waals surface area contributed by atoms with Gasteiger partial charge in [0.2, 0.25) is 0 Å². The van der Waals surface area contributed by atoms with E-state index in [-0.39, 0.29) is 0 Å². The van der Waals surface area contributed by atoms with Crippen LogP contribution in [0.3, 0.4) is 0 Å². The number of hydrogen-bond donors (Lipinski definition) is 0. The van der Waals surface area contributed by atoms with Crippen LogP contribution in [-0.2, 0) is 0 Å². The summed E-state index contributed by atoms with van der Waals surface area (Å²) >= 11 is 0. The third-order valence-corrected chi connectivity index (χ3v) is 6.11. The van der Waals surface area contributed by atoms with Crippen molar-refractivity contribution in [3.05, 3.63) is 36.0 Å². The summed E-state index contributed by atoms with van der Waals surface area (Å²) in [6, 6.07) is 0. The van der Waals surface area contributed by atoms with Crippen LogP contribution in [0.1, 0.15) is 66.2 Å². The lowest BCUT2D eigenvalue weighted by atomic mass is 9.73. The van der Waals surface area contributed by atoms with Crippen LogP contribution in [-0.4, -0.2) is 0 Å². The van der Waals surface area contributed by atoms with Gasteiger partial charge < -0.3 is 0 Å². The fraction of sp³-hybridized carbons (Fsp3) is 0.700. The van der Waals surface area contributed by atoms with Gasteiger partial charge in [-0.1, -0.05) is 49.8 Å². The third-order valence-electron chi connectivity index (χ3n) is 6.11. The Kier molecular flexibility index (Phi) is 4.62. The minimum absolute atomic E-state index is 0.475. The van der Waals surface area contributed by atoms with Gasteiger partial charge in [0.15, 0.2) is 0 Å². The molecule has 2 bridgehead atoms. The molecular weight excluding hydrogens is 240 g/mol. The van der Waals surface area contributed by atoms with E-state index in [2.05, 4.69) is 46.9 Å². The zero-order valence-electron chi connectivity index (χ0n) is 14.0. The van der Waals surface area contributed by atoms with E-state index in [4.69, 9.17) is 0 Å². The second-order valence-corrected chi connectivity index (χ2v) is 7.82.